The summed E-state index contributed by atoms with van der Waals surface area (Å²) in [6.07, 6.45) is 0. The lowest BCUT2D eigenvalue weighted by Gasteiger charge is -2.06. The van der Waals surface area contributed by atoms with E-state index in [0.717, 1.165) is 16.2 Å². The van der Waals surface area contributed by atoms with Gasteiger partial charge in [0.2, 0.25) is 0 Å². The quantitative estimate of drug-likeness (QED) is 0.664. The molecular weight excluding hydrogens is 318 g/mol. The molecule has 0 spiro atoms. The van der Waals surface area contributed by atoms with Gasteiger partial charge in [0.05, 0.1) is 10.5 Å². The first-order chi connectivity index (χ1) is 9.88. The smallest absolute Gasteiger partial charge is 0.349 e. The number of carbonyl (C=O) groups is 1. The molecule has 0 bridgehead atoms. The number of hydrogen-bond donors (Lipinski definition) is 1. The number of benzene rings is 1. The summed E-state index contributed by atoms with van der Waals surface area (Å²) in [6, 6.07) is 5.72. The van der Waals surface area contributed by atoms with Crippen LogP contribution < -0.4 is 4.74 Å². The Morgan fingerprint density at radius 2 is 2.19 bits per heavy atom. The molecule has 0 unspecified atom stereocenters. The van der Waals surface area contributed by atoms with Gasteiger partial charge in [-0.1, -0.05) is 11.6 Å². The molecule has 0 fully saturated rings. The number of nitro groups is 1. The number of thiophene rings is 1. The van der Waals surface area contributed by atoms with Gasteiger partial charge in [-0.3, -0.25) is 10.1 Å². The minimum atomic E-state index is -1.09. The van der Waals surface area contributed by atoms with E-state index in [9.17, 15) is 14.9 Å². The van der Waals surface area contributed by atoms with E-state index in [4.69, 9.17) is 21.4 Å². The molecule has 8 heteroatoms. The summed E-state index contributed by atoms with van der Waals surface area (Å²) in [5.41, 5.74) is 0.163. The fourth-order valence-electron chi connectivity index (χ4n) is 1.75. The fraction of sp³-hybridized carbons (Fsp3) is 0.154. The van der Waals surface area contributed by atoms with E-state index >= 15 is 0 Å². The fourth-order valence-corrected chi connectivity index (χ4v) is 2.74. The highest BCUT2D eigenvalue weighted by Gasteiger charge is 2.18. The highest BCUT2D eigenvalue weighted by Crippen LogP contribution is 2.31. The first kappa shape index (κ1) is 15.3. The number of aryl methyl sites for hydroxylation is 1. The molecule has 0 saturated carbocycles. The molecule has 0 atom stereocenters. The minimum Gasteiger partial charge on any atom is -0.487 e. The first-order valence-corrected chi connectivity index (χ1v) is 6.97. The molecule has 1 aromatic heterocycles. The number of rotatable bonds is 5. The normalized spacial score (nSPS) is 10.4. The van der Waals surface area contributed by atoms with Crippen molar-refractivity contribution >= 4 is 34.6 Å². The molecular formula is C13H10ClNO5S. The van der Waals surface area contributed by atoms with Gasteiger partial charge in [-0.15, -0.1) is 11.3 Å². The Morgan fingerprint density at radius 3 is 2.81 bits per heavy atom. The van der Waals surface area contributed by atoms with E-state index in [1.807, 2.05) is 0 Å². The summed E-state index contributed by atoms with van der Waals surface area (Å²) in [6.45, 7) is 1.62. The molecule has 0 radical (unpaired) electrons. The van der Waals surface area contributed by atoms with Crippen molar-refractivity contribution in [3.8, 4) is 5.75 Å². The van der Waals surface area contributed by atoms with Crippen LogP contribution >= 0.6 is 22.9 Å². The highest BCUT2D eigenvalue weighted by atomic mass is 35.5. The van der Waals surface area contributed by atoms with Crippen molar-refractivity contribution in [2.45, 2.75) is 13.5 Å². The Hall–Kier alpha value is -2.12. The van der Waals surface area contributed by atoms with Crippen LogP contribution in [-0.2, 0) is 6.61 Å². The topological polar surface area (TPSA) is 89.7 Å². The highest BCUT2D eigenvalue weighted by molar-refractivity contribution is 7.14. The molecule has 0 saturated heterocycles. The number of aromatic carboxylic acids is 1. The zero-order valence-corrected chi connectivity index (χ0v) is 12.4. The summed E-state index contributed by atoms with van der Waals surface area (Å²) >= 11 is 6.91. The van der Waals surface area contributed by atoms with Gasteiger partial charge in [-0.2, -0.15) is 0 Å². The number of carboxylic acid groups (broad SMARTS) is 1. The minimum absolute atomic E-state index is 0.0668. The molecule has 1 heterocycles. The number of nitro benzene ring substituents is 1. The van der Waals surface area contributed by atoms with E-state index in [1.165, 1.54) is 18.2 Å². The van der Waals surface area contributed by atoms with Crippen LogP contribution in [-0.4, -0.2) is 16.0 Å². The van der Waals surface area contributed by atoms with E-state index < -0.39 is 10.9 Å². The monoisotopic (exact) mass is 327 g/mol. The largest absolute Gasteiger partial charge is 0.487 e. The third kappa shape index (κ3) is 3.50. The van der Waals surface area contributed by atoms with E-state index in [-0.39, 0.29) is 28.5 Å². The molecule has 1 N–H and O–H groups in total. The predicted octanol–water partition coefficient (Wildman–Crippen LogP) is 3.90. The molecule has 2 aromatic rings. The molecule has 110 valence electrons. The summed E-state index contributed by atoms with van der Waals surface area (Å²) in [5.74, 6) is -0.900. The number of halogens is 1. The van der Waals surface area contributed by atoms with Crippen LogP contribution in [0.5, 0.6) is 5.75 Å². The van der Waals surface area contributed by atoms with Crippen LogP contribution in [0.15, 0.2) is 24.3 Å². The molecule has 1 aromatic carbocycles. The van der Waals surface area contributed by atoms with Crippen molar-refractivity contribution in [1.29, 1.82) is 0 Å². The van der Waals surface area contributed by atoms with Crippen molar-refractivity contribution in [2.24, 2.45) is 0 Å². The molecule has 0 aliphatic carbocycles. The lowest BCUT2D eigenvalue weighted by molar-refractivity contribution is -0.385. The zero-order valence-electron chi connectivity index (χ0n) is 10.8. The number of carboxylic acids is 1. The molecule has 0 aliphatic heterocycles. The summed E-state index contributed by atoms with van der Waals surface area (Å²) in [5, 5.41) is 20.3. The van der Waals surface area contributed by atoms with Crippen molar-refractivity contribution < 1.29 is 19.6 Å². The van der Waals surface area contributed by atoms with Gasteiger partial charge in [0.1, 0.15) is 12.4 Å². The second-order valence-corrected chi connectivity index (χ2v) is 5.87. The van der Waals surface area contributed by atoms with E-state index in [0.29, 0.717) is 5.02 Å². The van der Waals surface area contributed by atoms with Gasteiger partial charge in [0.25, 0.3) is 5.69 Å². The molecule has 2 rings (SSSR count). The van der Waals surface area contributed by atoms with Crippen molar-refractivity contribution in [3.63, 3.8) is 0 Å². The van der Waals surface area contributed by atoms with Gasteiger partial charge < -0.3 is 9.84 Å². The van der Waals surface area contributed by atoms with Gasteiger partial charge in [0.15, 0.2) is 4.88 Å². The summed E-state index contributed by atoms with van der Waals surface area (Å²) < 4.78 is 5.42. The lowest BCUT2D eigenvalue weighted by Crippen LogP contribution is -2.03. The average molecular weight is 328 g/mol. The molecule has 21 heavy (non-hydrogen) atoms. The molecule has 6 nitrogen and oxygen atoms in total. The van der Waals surface area contributed by atoms with Gasteiger partial charge in [-0.05, 0) is 25.1 Å². The maximum absolute atomic E-state index is 11.1. The van der Waals surface area contributed by atoms with Gasteiger partial charge in [-0.25, -0.2) is 4.79 Å². The Bertz CT molecular complexity index is 713. The Kier molecular flexibility index (Phi) is 4.44. The number of hydrogen-bond acceptors (Lipinski definition) is 5. The summed E-state index contributed by atoms with van der Waals surface area (Å²) in [4.78, 5) is 22.3. The van der Waals surface area contributed by atoms with Crippen LogP contribution in [0.1, 0.15) is 20.1 Å². The maximum Gasteiger partial charge on any atom is 0.349 e. The van der Waals surface area contributed by atoms with E-state index in [2.05, 4.69) is 0 Å². The molecule has 0 aliphatic rings. The third-order valence-corrected chi connectivity index (χ3v) is 3.89. The zero-order chi connectivity index (χ0) is 15.6. The first-order valence-electron chi connectivity index (χ1n) is 5.78. The van der Waals surface area contributed by atoms with Crippen LogP contribution in [0, 0.1) is 17.0 Å². The van der Waals surface area contributed by atoms with Gasteiger partial charge in [0, 0.05) is 16.0 Å². The van der Waals surface area contributed by atoms with Crippen molar-refractivity contribution in [2.75, 3.05) is 0 Å². The van der Waals surface area contributed by atoms with Gasteiger partial charge >= 0.3 is 5.97 Å². The van der Waals surface area contributed by atoms with Crippen molar-refractivity contribution in [3.05, 3.63) is 54.7 Å². The van der Waals surface area contributed by atoms with Crippen LogP contribution in [0.4, 0.5) is 5.69 Å². The molecule has 0 amide bonds. The predicted molar refractivity (Wildman–Crippen MR) is 78.5 cm³/mol. The Balaban J connectivity index is 2.26. The van der Waals surface area contributed by atoms with Crippen LogP contribution in [0.3, 0.4) is 0 Å². The second-order valence-electron chi connectivity index (χ2n) is 4.17. The Morgan fingerprint density at radius 1 is 1.48 bits per heavy atom. The third-order valence-electron chi connectivity index (χ3n) is 2.64. The Labute approximate surface area is 128 Å². The second kappa shape index (κ2) is 6.11. The SMILES string of the molecule is Cc1cc(OCc2cc(Cl)ccc2[N+](=O)[O-])c(C(=O)O)s1. The average Bonchev–Trinajstić information content (AvgIpc) is 2.77. The number of nitrogens with zero attached hydrogens (tertiary/aromatic N) is 1. The number of ether oxygens (including phenoxy) is 1. The lowest BCUT2D eigenvalue weighted by atomic mass is 10.2. The van der Waals surface area contributed by atoms with E-state index in [1.54, 1.807) is 13.0 Å². The van der Waals surface area contributed by atoms with Crippen molar-refractivity contribution in [1.82, 2.24) is 0 Å². The van der Waals surface area contributed by atoms with Crippen LogP contribution in [0.25, 0.3) is 0 Å². The maximum atomic E-state index is 11.1. The standard InChI is InChI=1S/C13H10ClNO5S/c1-7-4-11(12(21-7)13(16)17)20-6-8-5-9(14)2-3-10(8)15(18)19/h2-5H,6H2,1H3,(H,16,17). The van der Waals surface area contributed by atoms with Crippen LogP contribution in [0.2, 0.25) is 5.02 Å². The summed E-state index contributed by atoms with van der Waals surface area (Å²) in [7, 11) is 0.